The van der Waals surface area contributed by atoms with Crippen molar-refractivity contribution in [2.45, 2.75) is 32.5 Å². The number of ether oxygens (including phenoxy) is 1. The second kappa shape index (κ2) is 11.8. The molecule has 36 heavy (non-hydrogen) atoms. The van der Waals surface area contributed by atoms with Crippen molar-refractivity contribution in [3.8, 4) is 17.7 Å². The van der Waals surface area contributed by atoms with Crippen molar-refractivity contribution in [3.63, 3.8) is 0 Å². The molecule has 8 heteroatoms. The third-order valence-corrected chi connectivity index (χ3v) is 6.21. The summed E-state index contributed by atoms with van der Waals surface area (Å²) in [6.07, 6.45) is 6.65. The number of amides is 1. The number of likely N-dealkylation sites (N-methyl/N-ethyl adjacent to an activating group) is 1. The van der Waals surface area contributed by atoms with Crippen LogP contribution in [0, 0.1) is 17.8 Å². The number of aliphatic hydroxyl groups is 1. The number of carbonyl (C=O) groups is 1. The highest BCUT2D eigenvalue weighted by Gasteiger charge is 2.34. The highest BCUT2D eigenvalue weighted by atomic mass is 16.5. The van der Waals surface area contributed by atoms with Crippen LogP contribution in [0.2, 0.25) is 0 Å². The van der Waals surface area contributed by atoms with Crippen LogP contribution in [0.4, 0.5) is 0 Å². The van der Waals surface area contributed by atoms with Crippen molar-refractivity contribution in [1.82, 2.24) is 24.8 Å². The molecule has 4 rings (SSSR count). The molecule has 3 aromatic rings. The van der Waals surface area contributed by atoms with Crippen LogP contribution >= 0.6 is 0 Å². The van der Waals surface area contributed by atoms with Crippen LogP contribution in [0.3, 0.4) is 0 Å². The lowest BCUT2D eigenvalue weighted by Crippen LogP contribution is -2.49. The minimum Gasteiger partial charge on any atom is -0.472 e. The number of pyridine rings is 3. The van der Waals surface area contributed by atoms with Crippen LogP contribution in [-0.2, 0) is 6.54 Å². The van der Waals surface area contributed by atoms with E-state index >= 15 is 0 Å². The van der Waals surface area contributed by atoms with Crippen molar-refractivity contribution >= 4 is 5.91 Å². The highest BCUT2D eigenvalue weighted by Crippen LogP contribution is 2.27. The fraction of sp³-hybridized carbons (Fsp3) is 0.357. The lowest BCUT2D eigenvalue weighted by Gasteiger charge is -2.37. The first-order valence-corrected chi connectivity index (χ1v) is 12.0. The van der Waals surface area contributed by atoms with Gasteiger partial charge in [0.1, 0.15) is 17.4 Å². The van der Waals surface area contributed by atoms with E-state index in [1.165, 1.54) is 0 Å². The largest absolute Gasteiger partial charge is 0.472 e. The normalized spacial score (nSPS) is 18.4. The quantitative estimate of drug-likeness (QED) is 0.537. The number of rotatable bonds is 6. The maximum atomic E-state index is 13.5. The number of nitrogens with zero attached hydrogens (tertiary/aromatic N) is 5. The number of aromatic nitrogens is 3. The van der Waals surface area contributed by atoms with E-state index in [1.54, 1.807) is 35.8 Å². The van der Waals surface area contributed by atoms with Crippen LogP contribution in [0.15, 0.2) is 61.2 Å². The maximum absolute atomic E-state index is 13.5. The Morgan fingerprint density at radius 3 is 2.72 bits per heavy atom. The number of hydrogen-bond acceptors (Lipinski definition) is 7. The Kier molecular flexibility index (Phi) is 8.26. The molecular weight excluding hydrogens is 454 g/mol. The Morgan fingerprint density at radius 2 is 2.00 bits per heavy atom. The molecule has 0 saturated carbocycles. The zero-order valence-electron chi connectivity index (χ0n) is 20.8. The molecule has 0 aliphatic carbocycles. The smallest absolute Gasteiger partial charge is 0.259 e. The summed E-state index contributed by atoms with van der Waals surface area (Å²) < 4.78 is 6.37. The van der Waals surface area contributed by atoms with Gasteiger partial charge in [-0.15, -0.1) is 0 Å². The van der Waals surface area contributed by atoms with Crippen LogP contribution in [0.1, 0.15) is 41.0 Å². The molecule has 0 saturated heterocycles. The zero-order chi connectivity index (χ0) is 25.5. The van der Waals surface area contributed by atoms with Crippen molar-refractivity contribution < 1.29 is 14.6 Å². The van der Waals surface area contributed by atoms with Crippen LogP contribution in [0.25, 0.3) is 0 Å². The Labute approximate surface area is 212 Å². The lowest BCUT2D eigenvalue weighted by molar-refractivity contribution is 0.0325. The predicted molar refractivity (Wildman–Crippen MR) is 136 cm³/mol. The Morgan fingerprint density at radius 1 is 1.19 bits per heavy atom. The van der Waals surface area contributed by atoms with Gasteiger partial charge in [0.15, 0.2) is 0 Å². The summed E-state index contributed by atoms with van der Waals surface area (Å²) in [5, 5.41) is 9.86. The van der Waals surface area contributed by atoms with E-state index in [1.807, 2.05) is 44.3 Å². The molecule has 0 bridgehead atoms. The lowest BCUT2D eigenvalue weighted by atomic mass is 9.99. The van der Waals surface area contributed by atoms with Gasteiger partial charge in [-0.3, -0.25) is 14.7 Å². The van der Waals surface area contributed by atoms with Gasteiger partial charge in [-0.2, -0.15) is 0 Å². The molecule has 3 aromatic heterocycles. The van der Waals surface area contributed by atoms with Gasteiger partial charge in [-0.1, -0.05) is 18.9 Å². The summed E-state index contributed by atoms with van der Waals surface area (Å²) >= 11 is 0. The first-order valence-electron chi connectivity index (χ1n) is 12.0. The summed E-state index contributed by atoms with van der Waals surface area (Å²) in [6, 6.07) is 10.9. The molecule has 3 atom stereocenters. The molecule has 1 amide bonds. The van der Waals surface area contributed by atoms with Gasteiger partial charge >= 0.3 is 0 Å². The predicted octanol–water partition coefficient (Wildman–Crippen LogP) is 2.62. The number of aliphatic hydroxyl groups excluding tert-OH is 1. The van der Waals surface area contributed by atoms with E-state index in [2.05, 4.69) is 38.6 Å². The molecule has 1 aliphatic heterocycles. The summed E-state index contributed by atoms with van der Waals surface area (Å²) in [6.45, 7) is 5.61. The monoisotopic (exact) mass is 485 g/mol. The summed E-state index contributed by atoms with van der Waals surface area (Å²) in [4.78, 5) is 30.2. The average molecular weight is 486 g/mol. The van der Waals surface area contributed by atoms with Crippen LogP contribution < -0.4 is 4.74 Å². The number of fused-ring (bicyclic) bond motifs is 1. The van der Waals surface area contributed by atoms with E-state index in [9.17, 15) is 9.90 Å². The van der Waals surface area contributed by atoms with Crippen molar-refractivity contribution in [2.75, 3.05) is 26.7 Å². The molecule has 8 nitrogen and oxygen atoms in total. The van der Waals surface area contributed by atoms with Crippen LogP contribution in [0.5, 0.6) is 5.88 Å². The van der Waals surface area contributed by atoms with E-state index < -0.39 is 0 Å². The molecular formula is C28H31N5O3. The molecule has 4 heterocycles. The van der Waals surface area contributed by atoms with Gasteiger partial charge in [-0.05, 0) is 55.8 Å². The molecule has 186 valence electrons. The molecule has 0 unspecified atom stereocenters. The number of carbonyl (C=O) groups excluding carboxylic acids is 1. The first kappa shape index (κ1) is 25.3. The third kappa shape index (κ3) is 6.25. The van der Waals surface area contributed by atoms with Gasteiger partial charge in [0.05, 0.1) is 12.6 Å². The molecule has 0 spiro atoms. The maximum Gasteiger partial charge on any atom is 0.259 e. The molecule has 0 radical (unpaired) electrons. The topological polar surface area (TPSA) is 91.7 Å². The standard InChI is InChI=1S/C28H31N5O3/c1-20-16-33(21(2)19-34)28(35)25-14-23(7-8-24-6-4-5-11-30-24)15-31-27(25)36-26(20)18-32(3)17-22-9-12-29-13-10-22/h4-6,9-15,20-21,26,34H,16-19H2,1-3H3/t20-,21-,26+/m0/s1. The fourth-order valence-electron chi connectivity index (χ4n) is 4.13. The van der Waals surface area contributed by atoms with Crippen molar-refractivity contribution in [1.29, 1.82) is 0 Å². The summed E-state index contributed by atoms with van der Waals surface area (Å²) in [5.41, 5.74) is 2.73. The molecule has 1 N–H and O–H groups in total. The summed E-state index contributed by atoms with van der Waals surface area (Å²) in [5.74, 6) is 6.12. The van der Waals surface area contributed by atoms with E-state index in [0.717, 1.165) is 12.1 Å². The van der Waals surface area contributed by atoms with Gasteiger partial charge < -0.3 is 14.7 Å². The molecule has 1 aliphatic rings. The molecule has 0 fully saturated rings. The van der Waals surface area contributed by atoms with E-state index in [-0.39, 0.29) is 36.5 Å². The van der Waals surface area contributed by atoms with Gasteiger partial charge in [0, 0.05) is 55.9 Å². The first-order chi connectivity index (χ1) is 17.4. The minimum atomic E-state index is -0.343. The Balaban J connectivity index is 1.63. The second-order valence-electron chi connectivity index (χ2n) is 9.22. The Hall–Kier alpha value is -3.80. The second-order valence-corrected chi connectivity index (χ2v) is 9.22. The fourth-order valence-corrected chi connectivity index (χ4v) is 4.13. The van der Waals surface area contributed by atoms with E-state index in [0.29, 0.717) is 29.9 Å². The van der Waals surface area contributed by atoms with Crippen molar-refractivity contribution in [3.05, 3.63) is 83.6 Å². The molecule has 0 aromatic carbocycles. The van der Waals surface area contributed by atoms with Crippen LogP contribution in [-0.4, -0.2) is 74.7 Å². The van der Waals surface area contributed by atoms with Gasteiger partial charge in [0.2, 0.25) is 5.88 Å². The Bertz CT molecular complexity index is 1230. The van der Waals surface area contributed by atoms with E-state index in [4.69, 9.17) is 4.74 Å². The van der Waals surface area contributed by atoms with Gasteiger partial charge in [-0.25, -0.2) is 9.97 Å². The minimum absolute atomic E-state index is 0.0152. The zero-order valence-corrected chi connectivity index (χ0v) is 20.8. The highest BCUT2D eigenvalue weighted by molar-refractivity contribution is 5.97. The van der Waals surface area contributed by atoms with Crippen molar-refractivity contribution in [2.24, 2.45) is 5.92 Å². The third-order valence-electron chi connectivity index (χ3n) is 6.21. The summed E-state index contributed by atoms with van der Waals surface area (Å²) in [7, 11) is 2.04. The SMILES string of the molecule is C[C@H]1CN([C@@H](C)CO)C(=O)c2cc(C#Cc3ccccn3)cnc2O[C@@H]1CN(C)Cc1ccncc1. The number of hydrogen-bond donors (Lipinski definition) is 1. The van der Waals surface area contributed by atoms with Gasteiger partial charge in [0.25, 0.3) is 5.91 Å². The average Bonchev–Trinajstić information content (AvgIpc) is 2.90.